The van der Waals surface area contributed by atoms with Gasteiger partial charge in [-0.1, -0.05) is 23.2 Å². The molecular formula is C13H12Cl2N4O2. The van der Waals surface area contributed by atoms with Gasteiger partial charge < -0.3 is 10.6 Å². The van der Waals surface area contributed by atoms with E-state index >= 15 is 0 Å². The van der Waals surface area contributed by atoms with Crippen LogP contribution in [0.25, 0.3) is 0 Å². The molecule has 0 radical (unpaired) electrons. The largest absolute Gasteiger partial charge is 0.336 e. The van der Waals surface area contributed by atoms with Gasteiger partial charge in [0.25, 0.3) is 5.56 Å². The lowest BCUT2D eigenvalue weighted by Crippen LogP contribution is -2.33. The maximum atomic E-state index is 11.7. The Kier molecular flexibility index (Phi) is 5.19. The van der Waals surface area contributed by atoms with Gasteiger partial charge in [0.15, 0.2) is 0 Å². The zero-order chi connectivity index (χ0) is 15.2. The highest BCUT2D eigenvalue weighted by atomic mass is 35.5. The van der Waals surface area contributed by atoms with E-state index in [1.807, 2.05) is 0 Å². The van der Waals surface area contributed by atoms with Crippen LogP contribution in [0.15, 0.2) is 41.6 Å². The number of halogens is 2. The van der Waals surface area contributed by atoms with Crippen molar-refractivity contribution in [2.24, 2.45) is 0 Å². The molecule has 2 amide bonds. The van der Waals surface area contributed by atoms with E-state index in [0.29, 0.717) is 22.3 Å². The van der Waals surface area contributed by atoms with Gasteiger partial charge in [-0.3, -0.25) is 9.36 Å². The maximum absolute atomic E-state index is 11.7. The van der Waals surface area contributed by atoms with Gasteiger partial charge in [0.05, 0.1) is 17.0 Å². The smallest absolute Gasteiger partial charge is 0.319 e. The SMILES string of the molecule is O=C(NCCn1cnccc1=O)Nc1ccc(Cl)cc1Cl. The predicted molar refractivity (Wildman–Crippen MR) is 82.0 cm³/mol. The molecule has 0 aliphatic rings. The molecule has 0 aliphatic carbocycles. The lowest BCUT2D eigenvalue weighted by molar-refractivity contribution is 0.251. The van der Waals surface area contributed by atoms with E-state index in [-0.39, 0.29) is 12.1 Å². The predicted octanol–water partition coefficient (Wildman–Crippen LogP) is 2.37. The zero-order valence-electron chi connectivity index (χ0n) is 10.8. The molecule has 0 unspecified atom stereocenters. The van der Waals surface area contributed by atoms with E-state index < -0.39 is 6.03 Å². The van der Waals surface area contributed by atoms with Gasteiger partial charge in [-0.2, -0.15) is 0 Å². The summed E-state index contributed by atoms with van der Waals surface area (Å²) < 4.78 is 1.40. The van der Waals surface area contributed by atoms with Crippen molar-refractivity contribution in [2.75, 3.05) is 11.9 Å². The Morgan fingerprint density at radius 2 is 2.10 bits per heavy atom. The molecule has 0 saturated carbocycles. The van der Waals surface area contributed by atoms with Gasteiger partial charge in [0.2, 0.25) is 0 Å². The molecule has 2 rings (SSSR count). The Bertz CT molecular complexity index is 703. The van der Waals surface area contributed by atoms with Crippen LogP contribution in [0.5, 0.6) is 0 Å². The first-order valence-corrected chi connectivity index (χ1v) is 6.82. The van der Waals surface area contributed by atoms with E-state index in [4.69, 9.17) is 23.2 Å². The minimum Gasteiger partial charge on any atom is -0.336 e. The van der Waals surface area contributed by atoms with Gasteiger partial charge in [0.1, 0.15) is 0 Å². The Morgan fingerprint density at radius 1 is 1.29 bits per heavy atom. The molecule has 0 fully saturated rings. The number of rotatable bonds is 4. The summed E-state index contributed by atoms with van der Waals surface area (Å²) in [5, 5.41) is 6.05. The van der Waals surface area contributed by atoms with Crippen molar-refractivity contribution >= 4 is 34.9 Å². The van der Waals surface area contributed by atoms with Crippen LogP contribution in [0.4, 0.5) is 10.5 Å². The first kappa shape index (κ1) is 15.3. The van der Waals surface area contributed by atoms with E-state index in [1.165, 1.54) is 29.2 Å². The number of benzene rings is 1. The molecule has 0 aliphatic heterocycles. The minimum atomic E-state index is -0.420. The molecule has 1 aromatic carbocycles. The van der Waals surface area contributed by atoms with Crippen LogP contribution in [0.1, 0.15) is 0 Å². The van der Waals surface area contributed by atoms with Crippen LogP contribution in [-0.4, -0.2) is 22.1 Å². The number of hydrogen-bond donors (Lipinski definition) is 2. The standard InChI is InChI=1S/C13H12Cl2N4O2/c14-9-1-2-11(10(15)7-9)18-13(21)17-5-6-19-8-16-4-3-12(19)20/h1-4,7-8H,5-6H2,(H2,17,18,21). The van der Waals surface area contributed by atoms with Crippen molar-refractivity contribution < 1.29 is 4.79 Å². The lowest BCUT2D eigenvalue weighted by Gasteiger charge is -2.09. The third-order valence-electron chi connectivity index (χ3n) is 2.61. The Balaban J connectivity index is 1.85. The van der Waals surface area contributed by atoms with Crippen molar-refractivity contribution in [3.8, 4) is 0 Å². The van der Waals surface area contributed by atoms with Crippen LogP contribution >= 0.6 is 23.2 Å². The highest BCUT2D eigenvalue weighted by Gasteiger charge is 2.05. The molecule has 0 saturated heterocycles. The molecule has 6 nitrogen and oxygen atoms in total. The summed E-state index contributed by atoms with van der Waals surface area (Å²) in [7, 11) is 0. The second-order valence-corrected chi connectivity index (χ2v) is 4.96. The van der Waals surface area contributed by atoms with Gasteiger partial charge >= 0.3 is 6.03 Å². The molecule has 0 bridgehead atoms. The molecule has 0 spiro atoms. The molecular weight excluding hydrogens is 315 g/mol. The molecule has 0 atom stereocenters. The maximum Gasteiger partial charge on any atom is 0.319 e. The molecule has 2 aromatic rings. The fourth-order valence-electron chi connectivity index (χ4n) is 1.59. The number of nitrogens with one attached hydrogen (secondary N) is 2. The third kappa shape index (κ3) is 4.47. The summed E-state index contributed by atoms with van der Waals surface area (Å²) in [4.78, 5) is 27.0. The summed E-state index contributed by atoms with van der Waals surface area (Å²) >= 11 is 11.7. The fraction of sp³-hybridized carbons (Fsp3) is 0.154. The molecule has 1 heterocycles. The van der Waals surface area contributed by atoms with Crippen LogP contribution in [-0.2, 0) is 6.54 Å². The molecule has 2 N–H and O–H groups in total. The van der Waals surface area contributed by atoms with Crippen LogP contribution in [0, 0.1) is 0 Å². The summed E-state index contributed by atoms with van der Waals surface area (Å²) in [6, 6.07) is 5.70. The third-order valence-corrected chi connectivity index (χ3v) is 3.16. The van der Waals surface area contributed by atoms with E-state index in [0.717, 1.165) is 0 Å². The zero-order valence-corrected chi connectivity index (χ0v) is 12.4. The van der Waals surface area contributed by atoms with Crippen LogP contribution in [0.3, 0.4) is 0 Å². The highest BCUT2D eigenvalue weighted by Crippen LogP contribution is 2.25. The number of carbonyl (C=O) groups is 1. The van der Waals surface area contributed by atoms with E-state index in [1.54, 1.807) is 12.1 Å². The average molecular weight is 327 g/mol. The van der Waals surface area contributed by atoms with E-state index in [2.05, 4.69) is 15.6 Å². The second-order valence-electron chi connectivity index (χ2n) is 4.12. The molecule has 1 aromatic heterocycles. The Morgan fingerprint density at radius 3 is 2.81 bits per heavy atom. The number of aromatic nitrogens is 2. The summed E-state index contributed by atoms with van der Waals surface area (Å²) in [5.41, 5.74) is 0.282. The number of hydrogen-bond acceptors (Lipinski definition) is 3. The topological polar surface area (TPSA) is 76.0 Å². The molecule has 110 valence electrons. The minimum absolute atomic E-state index is 0.173. The van der Waals surface area contributed by atoms with Gasteiger partial charge in [0, 0.05) is 30.4 Å². The van der Waals surface area contributed by atoms with Gasteiger partial charge in [-0.25, -0.2) is 9.78 Å². The lowest BCUT2D eigenvalue weighted by atomic mass is 10.3. The number of amides is 2. The van der Waals surface area contributed by atoms with Crippen molar-refractivity contribution in [3.05, 3.63) is 57.2 Å². The number of urea groups is 1. The molecule has 21 heavy (non-hydrogen) atoms. The summed E-state index contributed by atoms with van der Waals surface area (Å²) in [6.45, 7) is 0.608. The van der Waals surface area contributed by atoms with Crippen LogP contribution < -0.4 is 16.2 Å². The van der Waals surface area contributed by atoms with Crippen molar-refractivity contribution in [2.45, 2.75) is 6.54 Å². The quantitative estimate of drug-likeness (QED) is 0.905. The van der Waals surface area contributed by atoms with Gasteiger partial charge in [-0.05, 0) is 18.2 Å². The van der Waals surface area contributed by atoms with Crippen molar-refractivity contribution in [1.82, 2.24) is 14.9 Å². The van der Waals surface area contributed by atoms with Crippen molar-refractivity contribution in [1.29, 1.82) is 0 Å². The number of nitrogens with zero attached hydrogens (tertiary/aromatic N) is 2. The first-order chi connectivity index (χ1) is 10.1. The Labute approximate surface area is 130 Å². The molecule has 8 heteroatoms. The van der Waals surface area contributed by atoms with Gasteiger partial charge in [-0.15, -0.1) is 0 Å². The fourth-order valence-corrected chi connectivity index (χ4v) is 2.05. The van der Waals surface area contributed by atoms with Crippen LogP contribution in [0.2, 0.25) is 10.0 Å². The summed E-state index contributed by atoms with van der Waals surface area (Å²) in [5.74, 6) is 0. The summed E-state index contributed by atoms with van der Waals surface area (Å²) in [6.07, 6.45) is 2.83. The second kappa shape index (κ2) is 7.10. The normalized spacial score (nSPS) is 10.2. The first-order valence-electron chi connectivity index (χ1n) is 6.06. The van der Waals surface area contributed by atoms with E-state index in [9.17, 15) is 9.59 Å². The Hall–Kier alpha value is -2.05. The highest BCUT2D eigenvalue weighted by molar-refractivity contribution is 6.36. The number of carbonyl (C=O) groups excluding carboxylic acids is 1. The number of anilines is 1. The van der Waals surface area contributed by atoms with Crippen molar-refractivity contribution in [3.63, 3.8) is 0 Å². The monoisotopic (exact) mass is 326 g/mol. The average Bonchev–Trinajstić information content (AvgIpc) is 2.44.